The van der Waals surface area contributed by atoms with E-state index in [4.69, 9.17) is 9.47 Å². The minimum Gasteiger partial charge on any atom is -0.493 e. The van der Waals surface area contributed by atoms with Crippen molar-refractivity contribution >= 4 is 23.3 Å². The van der Waals surface area contributed by atoms with Crippen molar-refractivity contribution in [1.82, 2.24) is 10.3 Å². The number of hydrogen-bond donors (Lipinski definition) is 1. The van der Waals surface area contributed by atoms with Crippen LogP contribution >= 0.6 is 11.3 Å². The number of nitrogens with one attached hydrogen (secondary N) is 1. The number of hydrogen-bond acceptors (Lipinski definition) is 5. The first-order valence-electron chi connectivity index (χ1n) is 9.60. The molecule has 5 nitrogen and oxygen atoms in total. The third kappa shape index (κ3) is 6.10. The first-order chi connectivity index (χ1) is 15.3. The van der Waals surface area contributed by atoms with Crippen molar-refractivity contribution in [3.63, 3.8) is 0 Å². The molecule has 0 aliphatic rings. The lowest BCUT2D eigenvalue weighted by molar-refractivity contribution is -0.137. The lowest BCUT2D eigenvalue weighted by atomic mass is 10.1. The highest BCUT2D eigenvalue weighted by molar-refractivity contribution is 7.13. The Labute approximate surface area is 187 Å². The van der Waals surface area contributed by atoms with Gasteiger partial charge in [-0.05, 0) is 35.9 Å². The van der Waals surface area contributed by atoms with E-state index in [0.29, 0.717) is 35.0 Å². The number of halogens is 3. The van der Waals surface area contributed by atoms with Crippen molar-refractivity contribution in [2.45, 2.75) is 12.6 Å². The summed E-state index contributed by atoms with van der Waals surface area (Å²) in [6.07, 6.45) is -0.759. The molecule has 32 heavy (non-hydrogen) atoms. The molecule has 0 saturated heterocycles. The number of rotatable bonds is 8. The smallest absolute Gasteiger partial charge is 0.416 e. The van der Waals surface area contributed by atoms with E-state index in [9.17, 15) is 18.0 Å². The Morgan fingerprint density at radius 3 is 2.47 bits per heavy atom. The molecule has 0 radical (unpaired) electrons. The minimum absolute atomic E-state index is 0.252. The monoisotopic (exact) mass is 462 g/mol. The fraction of sp³-hybridized carbons (Fsp3) is 0.217. The van der Waals surface area contributed by atoms with Crippen LogP contribution in [-0.2, 0) is 17.4 Å². The molecule has 3 aromatic rings. The van der Waals surface area contributed by atoms with E-state index in [0.717, 1.165) is 23.4 Å². The normalized spacial score (nSPS) is 11.5. The number of benzene rings is 2. The molecule has 3 rings (SSSR count). The third-order valence-corrected chi connectivity index (χ3v) is 5.47. The Bertz CT molecular complexity index is 1090. The average Bonchev–Trinajstić information content (AvgIpc) is 3.26. The van der Waals surface area contributed by atoms with Crippen molar-refractivity contribution in [2.24, 2.45) is 0 Å². The van der Waals surface area contributed by atoms with Crippen molar-refractivity contribution in [1.29, 1.82) is 0 Å². The lowest BCUT2D eigenvalue weighted by Gasteiger charge is -2.07. The molecule has 2 aromatic carbocycles. The zero-order valence-electron chi connectivity index (χ0n) is 17.4. The van der Waals surface area contributed by atoms with Gasteiger partial charge in [-0.2, -0.15) is 13.2 Å². The van der Waals surface area contributed by atoms with Crippen LogP contribution in [0.3, 0.4) is 0 Å². The van der Waals surface area contributed by atoms with Crippen molar-refractivity contribution in [3.8, 4) is 22.1 Å². The predicted octanol–water partition coefficient (Wildman–Crippen LogP) is 5.22. The third-order valence-electron chi connectivity index (χ3n) is 4.53. The molecule has 0 fully saturated rings. The van der Waals surface area contributed by atoms with Crippen molar-refractivity contribution in [3.05, 3.63) is 70.7 Å². The maximum atomic E-state index is 12.7. The number of methoxy groups -OCH3 is 2. The summed E-state index contributed by atoms with van der Waals surface area (Å²) < 4.78 is 48.5. The molecule has 0 spiro atoms. The molecule has 168 valence electrons. The molecule has 1 N–H and O–H groups in total. The number of carbonyl (C=O) groups excluding carboxylic acids is 1. The van der Waals surface area contributed by atoms with E-state index in [1.165, 1.54) is 29.5 Å². The van der Waals surface area contributed by atoms with Gasteiger partial charge in [0.1, 0.15) is 5.01 Å². The van der Waals surface area contributed by atoms with Gasteiger partial charge < -0.3 is 14.8 Å². The highest BCUT2D eigenvalue weighted by Gasteiger charge is 2.30. The topological polar surface area (TPSA) is 60.5 Å². The zero-order valence-corrected chi connectivity index (χ0v) is 18.2. The van der Waals surface area contributed by atoms with E-state index in [1.807, 2.05) is 11.4 Å². The summed E-state index contributed by atoms with van der Waals surface area (Å²) in [7, 11) is 3.09. The fourth-order valence-corrected chi connectivity index (χ4v) is 3.72. The van der Waals surface area contributed by atoms with Gasteiger partial charge in [-0.25, -0.2) is 4.98 Å². The number of aromatic nitrogens is 1. The zero-order chi connectivity index (χ0) is 23.1. The molecule has 0 atom stereocenters. The fourth-order valence-electron chi connectivity index (χ4n) is 2.86. The Balaban J connectivity index is 1.51. The van der Waals surface area contributed by atoms with Crippen LogP contribution in [0.1, 0.15) is 16.8 Å². The van der Waals surface area contributed by atoms with Crippen molar-refractivity contribution < 1.29 is 27.4 Å². The summed E-state index contributed by atoms with van der Waals surface area (Å²) in [5.74, 6) is 0.924. The number of carbonyl (C=O) groups is 1. The van der Waals surface area contributed by atoms with Crippen LogP contribution in [0.4, 0.5) is 13.2 Å². The Morgan fingerprint density at radius 2 is 1.81 bits per heavy atom. The second-order valence-electron chi connectivity index (χ2n) is 6.71. The highest BCUT2D eigenvalue weighted by Crippen LogP contribution is 2.32. The second kappa shape index (κ2) is 10.3. The number of thiazole rings is 1. The van der Waals surface area contributed by atoms with Gasteiger partial charge in [0.05, 0.1) is 25.5 Å². The molecule has 0 bridgehead atoms. The molecule has 9 heteroatoms. The summed E-state index contributed by atoms with van der Waals surface area (Å²) in [6, 6.07) is 10.2. The molecule has 1 aromatic heterocycles. The van der Waals surface area contributed by atoms with E-state index >= 15 is 0 Å². The maximum absolute atomic E-state index is 12.7. The summed E-state index contributed by atoms with van der Waals surface area (Å²) in [4.78, 5) is 16.5. The molecule has 1 amide bonds. The Hall–Kier alpha value is -3.33. The van der Waals surface area contributed by atoms with E-state index in [-0.39, 0.29) is 5.91 Å². The molecule has 0 unspecified atom stereocenters. The van der Waals surface area contributed by atoms with E-state index in [2.05, 4.69) is 10.3 Å². The van der Waals surface area contributed by atoms with Gasteiger partial charge >= 0.3 is 6.18 Å². The van der Waals surface area contributed by atoms with Crippen molar-refractivity contribution in [2.75, 3.05) is 20.8 Å². The molecule has 0 aliphatic carbocycles. The molecule has 0 saturated carbocycles. The molecular formula is C23H21F3N2O3S. The highest BCUT2D eigenvalue weighted by atomic mass is 32.1. The SMILES string of the molecule is COc1ccc(/C=C/C(=O)NCCc2csc(-c3ccc(C(F)(F)F)cc3)n2)cc1OC. The minimum atomic E-state index is -4.36. The summed E-state index contributed by atoms with van der Waals surface area (Å²) in [5, 5.41) is 5.25. The average molecular weight is 462 g/mol. The van der Waals surface area contributed by atoms with Crippen LogP contribution in [0, 0.1) is 0 Å². The molecular weight excluding hydrogens is 441 g/mol. The number of alkyl halides is 3. The first-order valence-corrected chi connectivity index (χ1v) is 10.5. The van der Waals surface area contributed by atoms with Crippen LogP contribution in [0.2, 0.25) is 0 Å². The number of ether oxygens (including phenoxy) is 2. The van der Waals surface area contributed by atoms with Gasteiger partial charge in [0, 0.05) is 30.0 Å². The largest absolute Gasteiger partial charge is 0.493 e. The number of nitrogens with zero attached hydrogens (tertiary/aromatic N) is 1. The maximum Gasteiger partial charge on any atom is 0.416 e. The standard InChI is InChI=1S/C23H21F3N2O3S/c1-30-19-9-3-15(13-20(19)31-2)4-10-21(29)27-12-11-18-14-32-22(28-18)16-5-7-17(8-6-16)23(24,25)26/h3-10,13-14H,11-12H2,1-2H3,(H,27,29)/b10-4+. The van der Waals surface area contributed by atoms with Crippen LogP contribution in [0.15, 0.2) is 53.9 Å². The summed E-state index contributed by atoms with van der Waals surface area (Å²) >= 11 is 1.35. The molecule has 0 aliphatic heterocycles. The van der Waals surface area contributed by atoms with E-state index in [1.54, 1.807) is 32.4 Å². The molecule has 1 heterocycles. The van der Waals surface area contributed by atoms with Gasteiger partial charge in [-0.1, -0.05) is 18.2 Å². The lowest BCUT2D eigenvalue weighted by Crippen LogP contribution is -2.23. The van der Waals surface area contributed by atoms with Crippen LogP contribution < -0.4 is 14.8 Å². The van der Waals surface area contributed by atoms with E-state index < -0.39 is 11.7 Å². The second-order valence-corrected chi connectivity index (χ2v) is 7.57. The first kappa shape index (κ1) is 23.3. The van der Waals surface area contributed by atoms with Crippen LogP contribution in [0.25, 0.3) is 16.6 Å². The summed E-state index contributed by atoms with van der Waals surface area (Å²) in [5.41, 5.74) is 1.48. The van der Waals surface area contributed by atoms with Gasteiger partial charge in [-0.15, -0.1) is 11.3 Å². The Morgan fingerprint density at radius 1 is 1.09 bits per heavy atom. The number of amides is 1. The predicted molar refractivity (Wildman–Crippen MR) is 118 cm³/mol. The quantitative estimate of drug-likeness (QED) is 0.467. The van der Waals surface area contributed by atoms with Gasteiger partial charge in [-0.3, -0.25) is 4.79 Å². The van der Waals surface area contributed by atoms with Gasteiger partial charge in [0.25, 0.3) is 0 Å². The Kier molecular flexibility index (Phi) is 7.53. The van der Waals surface area contributed by atoms with Crippen LogP contribution in [0.5, 0.6) is 11.5 Å². The van der Waals surface area contributed by atoms with Crippen LogP contribution in [-0.4, -0.2) is 31.7 Å². The van der Waals surface area contributed by atoms with Gasteiger partial charge in [0.2, 0.25) is 5.91 Å². The van der Waals surface area contributed by atoms with Gasteiger partial charge in [0.15, 0.2) is 11.5 Å². The summed E-state index contributed by atoms with van der Waals surface area (Å²) in [6.45, 7) is 0.380.